The van der Waals surface area contributed by atoms with E-state index in [0.717, 1.165) is 6.07 Å². The van der Waals surface area contributed by atoms with Crippen LogP contribution in [0.1, 0.15) is 25.7 Å². The molecule has 0 fully saturated rings. The number of aromatic nitrogens is 1. The van der Waals surface area contributed by atoms with Gasteiger partial charge in [0.15, 0.2) is 28.5 Å². The number of hydrogen-bond donors (Lipinski definition) is 2. The standard InChI is InChI=1S/C21H11NO15/c23-8-2-20(30)3-9(24)33-14-12-6(1-7(32-8)13(14)35-18(20)28)22-17(27)16-15(12)34-10(25)4-21(31,19(29)36-16)5-11(26)37-22/h1,30-31H,2-5H2. The van der Waals surface area contributed by atoms with Gasteiger partial charge in [-0.2, -0.15) is 0 Å². The molecule has 0 radical (unpaired) electrons. The largest absolute Gasteiger partial charge is 0.422 e. The second kappa shape index (κ2) is 7.11. The molecule has 1 aromatic carbocycles. The maximum atomic E-state index is 13.2. The van der Waals surface area contributed by atoms with Crippen LogP contribution in [0.25, 0.3) is 10.9 Å². The topological polar surface area (TPSA) is 220 Å². The van der Waals surface area contributed by atoms with Crippen LogP contribution in [0, 0.1) is 0 Å². The fraction of sp³-hybridized carbons (Fsp3) is 0.286. The molecule has 5 bridgehead atoms. The van der Waals surface area contributed by atoms with Crippen molar-refractivity contribution in [3.05, 3.63) is 16.4 Å². The molecule has 2 unspecified atom stereocenters. The highest BCUT2D eigenvalue weighted by Gasteiger charge is 2.51. The third-order valence-electron chi connectivity index (χ3n) is 5.96. The van der Waals surface area contributed by atoms with Gasteiger partial charge in [0.2, 0.25) is 11.5 Å². The fourth-order valence-electron chi connectivity index (χ4n) is 4.28. The van der Waals surface area contributed by atoms with Crippen LogP contribution in [0.2, 0.25) is 0 Å². The van der Waals surface area contributed by atoms with Gasteiger partial charge in [-0.3, -0.25) is 19.2 Å². The lowest BCUT2D eigenvalue weighted by atomic mass is 9.94. The van der Waals surface area contributed by atoms with Crippen LogP contribution in [0.3, 0.4) is 0 Å². The van der Waals surface area contributed by atoms with E-state index in [1.54, 1.807) is 0 Å². The molecule has 4 aliphatic rings. The zero-order valence-corrected chi connectivity index (χ0v) is 18.1. The van der Waals surface area contributed by atoms with Crippen molar-refractivity contribution in [2.45, 2.75) is 36.9 Å². The summed E-state index contributed by atoms with van der Waals surface area (Å²) >= 11 is 0. The summed E-state index contributed by atoms with van der Waals surface area (Å²) in [6, 6.07) is 0.860. The van der Waals surface area contributed by atoms with E-state index in [2.05, 4.69) is 0 Å². The van der Waals surface area contributed by atoms with Gasteiger partial charge in [0.05, 0.1) is 31.1 Å². The second-order valence-corrected chi connectivity index (χ2v) is 8.62. The summed E-state index contributed by atoms with van der Waals surface area (Å²) in [4.78, 5) is 93.9. The number of carbonyl (C=O) groups excluding carboxylic acids is 6. The molecular formula is C21H11NO15. The predicted octanol–water partition coefficient (Wildman–Crippen LogP) is -2.44. The van der Waals surface area contributed by atoms with E-state index in [-0.39, 0.29) is 4.73 Å². The summed E-state index contributed by atoms with van der Waals surface area (Å²) in [7, 11) is 0. The number of rotatable bonds is 0. The number of aliphatic hydroxyl groups is 2. The average molecular weight is 517 g/mol. The minimum Gasteiger partial charge on any atom is -0.422 e. The Kier molecular flexibility index (Phi) is 4.35. The number of ether oxygens (including phenoxy) is 5. The highest BCUT2D eigenvalue weighted by atomic mass is 16.7. The van der Waals surface area contributed by atoms with Crippen molar-refractivity contribution in [3.63, 3.8) is 0 Å². The molecule has 0 saturated heterocycles. The molecule has 4 aliphatic heterocycles. The number of fused-ring (bicyclic) bond motifs is 9. The summed E-state index contributed by atoms with van der Waals surface area (Å²) in [5, 5.41) is 20.6. The van der Waals surface area contributed by atoms with Gasteiger partial charge in [0, 0.05) is 6.07 Å². The van der Waals surface area contributed by atoms with Gasteiger partial charge in [-0.05, 0) is 0 Å². The van der Waals surface area contributed by atoms with Crippen molar-refractivity contribution in [2.75, 3.05) is 0 Å². The first-order chi connectivity index (χ1) is 17.4. The van der Waals surface area contributed by atoms with E-state index in [1.165, 1.54) is 0 Å². The SMILES string of the molecule is O=C1CC2(O)CC(=O)Oc3c(c(cc4c3c3c5c(=O)n4OC(=O)CC(O)(CC(=O)O3)C(=O)O5)O1)OC2=O. The first-order valence-electron chi connectivity index (χ1n) is 10.4. The van der Waals surface area contributed by atoms with Gasteiger partial charge >= 0.3 is 41.4 Å². The van der Waals surface area contributed by atoms with Crippen molar-refractivity contribution >= 4 is 46.7 Å². The average Bonchev–Trinajstić information content (AvgIpc) is 2.78. The smallest absolute Gasteiger partial charge is 0.345 e. The number of carbonyl (C=O) groups is 6. The third-order valence-corrected chi connectivity index (χ3v) is 5.96. The Labute approximate surface area is 201 Å². The highest BCUT2D eigenvalue weighted by Crippen LogP contribution is 2.51. The van der Waals surface area contributed by atoms with Crippen LogP contribution in [0.5, 0.6) is 28.7 Å². The van der Waals surface area contributed by atoms with Gasteiger partial charge in [0.1, 0.15) is 5.52 Å². The Bertz CT molecular complexity index is 1600. The summed E-state index contributed by atoms with van der Waals surface area (Å²) in [5.74, 6) is -12.0. The van der Waals surface area contributed by atoms with Gasteiger partial charge in [-0.1, -0.05) is 0 Å². The first-order valence-corrected chi connectivity index (χ1v) is 10.4. The molecule has 6 rings (SSSR count). The van der Waals surface area contributed by atoms with Gasteiger partial charge in [-0.25, -0.2) is 14.4 Å². The Balaban J connectivity index is 1.78. The first kappa shape index (κ1) is 22.6. The molecular weight excluding hydrogens is 506 g/mol. The van der Waals surface area contributed by atoms with Crippen LogP contribution in [-0.2, 0) is 28.8 Å². The molecule has 2 atom stereocenters. The third kappa shape index (κ3) is 3.19. The van der Waals surface area contributed by atoms with E-state index in [0.29, 0.717) is 0 Å². The number of benzene rings is 1. The Hall–Kier alpha value is -4.83. The maximum Gasteiger partial charge on any atom is 0.345 e. The molecule has 1 aromatic heterocycles. The van der Waals surface area contributed by atoms with E-state index in [1.807, 2.05) is 0 Å². The normalized spacial score (nSPS) is 26.5. The van der Waals surface area contributed by atoms with E-state index < -0.39 is 118 Å². The Morgan fingerprint density at radius 1 is 0.622 bits per heavy atom. The molecule has 2 N–H and O–H groups in total. The minimum atomic E-state index is -2.75. The van der Waals surface area contributed by atoms with Crippen molar-refractivity contribution in [3.8, 4) is 28.7 Å². The number of nitrogens with zero attached hydrogens (tertiary/aromatic N) is 1. The zero-order valence-electron chi connectivity index (χ0n) is 18.1. The van der Waals surface area contributed by atoms with Crippen molar-refractivity contribution in [2.24, 2.45) is 0 Å². The quantitative estimate of drug-likeness (QED) is 0.274. The summed E-state index contributed by atoms with van der Waals surface area (Å²) in [5.41, 5.74) is -7.27. The predicted molar refractivity (Wildman–Crippen MR) is 106 cm³/mol. The van der Waals surface area contributed by atoms with Gasteiger partial charge in [0.25, 0.3) is 0 Å². The van der Waals surface area contributed by atoms with E-state index in [9.17, 15) is 43.8 Å². The Morgan fingerprint density at radius 2 is 1.11 bits per heavy atom. The van der Waals surface area contributed by atoms with Crippen LogP contribution in [0.15, 0.2) is 10.9 Å². The molecule has 0 spiro atoms. The highest BCUT2D eigenvalue weighted by molar-refractivity contribution is 6.05. The number of hydrogen-bond acceptors (Lipinski definition) is 15. The summed E-state index contributed by atoms with van der Waals surface area (Å²) in [6.45, 7) is 0. The van der Waals surface area contributed by atoms with Gasteiger partial charge in [-0.15, -0.1) is 4.73 Å². The Morgan fingerprint density at radius 3 is 1.70 bits per heavy atom. The van der Waals surface area contributed by atoms with E-state index in [4.69, 9.17) is 28.5 Å². The van der Waals surface area contributed by atoms with Crippen LogP contribution in [-0.4, -0.2) is 62.0 Å². The van der Waals surface area contributed by atoms with Gasteiger partial charge < -0.3 is 38.7 Å². The lowest BCUT2D eigenvalue weighted by Crippen LogP contribution is -2.49. The molecule has 2 aromatic rings. The summed E-state index contributed by atoms with van der Waals surface area (Å²) < 4.78 is 26.1. The van der Waals surface area contributed by atoms with Crippen LogP contribution in [0.4, 0.5) is 0 Å². The van der Waals surface area contributed by atoms with Crippen LogP contribution >= 0.6 is 0 Å². The minimum absolute atomic E-state index is 0.267. The zero-order chi connectivity index (χ0) is 26.4. The molecule has 16 heteroatoms. The van der Waals surface area contributed by atoms with E-state index >= 15 is 0 Å². The number of pyridine rings is 1. The molecule has 0 aliphatic carbocycles. The molecule has 37 heavy (non-hydrogen) atoms. The lowest BCUT2D eigenvalue weighted by Gasteiger charge is -2.30. The van der Waals surface area contributed by atoms with Crippen molar-refractivity contribution in [1.82, 2.24) is 4.73 Å². The maximum absolute atomic E-state index is 13.2. The molecule has 190 valence electrons. The van der Waals surface area contributed by atoms with Crippen molar-refractivity contribution < 1.29 is 67.5 Å². The second-order valence-electron chi connectivity index (χ2n) is 8.62. The fourth-order valence-corrected chi connectivity index (χ4v) is 4.28. The van der Waals surface area contributed by atoms with Crippen LogP contribution < -0.4 is 34.1 Å². The number of esters is 5. The summed E-state index contributed by atoms with van der Waals surface area (Å²) in [6.07, 6.45) is -4.28. The molecule has 0 amide bonds. The molecule has 16 nitrogen and oxygen atoms in total. The monoisotopic (exact) mass is 517 g/mol. The molecule has 0 saturated carbocycles. The lowest BCUT2D eigenvalue weighted by molar-refractivity contribution is -0.170. The van der Waals surface area contributed by atoms with Crippen molar-refractivity contribution in [1.29, 1.82) is 0 Å². The molecule has 5 heterocycles.